The van der Waals surface area contributed by atoms with E-state index in [0.29, 0.717) is 17.9 Å². The Hall–Kier alpha value is -2.33. The molecule has 0 bridgehead atoms. The zero-order valence-electron chi connectivity index (χ0n) is 13.7. The molecule has 128 valence electrons. The molecule has 0 radical (unpaired) electrons. The SMILES string of the molecule is O=C(O)C1(Nc2cccc(Cl)c2)CCC2(C=Cc3cccnc32)CC1. The number of benzene rings is 1. The number of pyridine rings is 1. The molecule has 0 atom stereocenters. The van der Waals surface area contributed by atoms with Crippen LogP contribution in [0.2, 0.25) is 5.02 Å². The first-order valence-corrected chi connectivity index (χ1v) is 8.83. The van der Waals surface area contributed by atoms with E-state index in [1.54, 1.807) is 12.1 Å². The Kier molecular flexibility index (Phi) is 3.80. The van der Waals surface area contributed by atoms with Crippen molar-refractivity contribution in [1.29, 1.82) is 0 Å². The maximum atomic E-state index is 12.1. The molecule has 1 aromatic carbocycles. The predicted molar refractivity (Wildman–Crippen MR) is 98.9 cm³/mol. The number of nitrogens with one attached hydrogen (secondary N) is 1. The molecular weight excluding hydrogens is 336 g/mol. The van der Waals surface area contributed by atoms with Crippen LogP contribution in [0.15, 0.2) is 48.7 Å². The fraction of sp³-hybridized carbons (Fsp3) is 0.300. The number of carboxylic acid groups (broad SMARTS) is 1. The van der Waals surface area contributed by atoms with Gasteiger partial charge in [0.05, 0.1) is 5.69 Å². The molecule has 4 nitrogen and oxygen atoms in total. The summed E-state index contributed by atoms with van der Waals surface area (Å²) in [6.45, 7) is 0. The van der Waals surface area contributed by atoms with Gasteiger partial charge in [-0.05, 0) is 55.5 Å². The molecule has 2 aliphatic carbocycles. The lowest BCUT2D eigenvalue weighted by atomic mass is 9.66. The van der Waals surface area contributed by atoms with Crippen molar-refractivity contribution in [3.8, 4) is 0 Å². The predicted octanol–water partition coefficient (Wildman–Crippen LogP) is 4.51. The Labute approximate surface area is 151 Å². The van der Waals surface area contributed by atoms with E-state index in [1.807, 2.05) is 24.4 Å². The highest BCUT2D eigenvalue weighted by molar-refractivity contribution is 6.30. The number of hydrogen-bond donors (Lipinski definition) is 2. The Bertz CT molecular complexity index is 854. The van der Waals surface area contributed by atoms with Crippen molar-refractivity contribution in [2.24, 2.45) is 0 Å². The number of hydrogen-bond acceptors (Lipinski definition) is 3. The van der Waals surface area contributed by atoms with Gasteiger partial charge in [-0.3, -0.25) is 4.98 Å². The first-order chi connectivity index (χ1) is 12.0. The average Bonchev–Trinajstić information content (AvgIpc) is 2.96. The average molecular weight is 355 g/mol. The van der Waals surface area contributed by atoms with Gasteiger partial charge in [0, 0.05) is 22.3 Å². The summed E-state index contributed by atoms with van der Waals surface area (Å²) in [5.74, 6) is -0.814. The van der Waals surface area contributed by atoms with E-state index >= 15 is 0 Å². The van der Waals surface area contributed by atoms with Gasteiger partial charge in [-0.2, -0.15) is 0 Å². The van der Waals surface area contributed by atoms with E-state index in [1.165, 1.54) is 0 Å². The summed E-state index contributed by atoms with van der Waals surface area (Å²) >= 11 is 6.04. The van der Waals surface area contributed by atoms with Crippen LogP contribution in [0.1, 0.15) is 36.9 Å². The number of fused-ring (bicyclic) bond motifs is 2. The molecule has 25 heavy (non-hydrogen) atoms. The second-order valence-electron chi connectivity index (χ2n) is 6.95. The molecule has 1 heterocycles. The zero-order chi connectivity index (χ0) is 17.5. The Morgan fingerprint density at radius 3 is 2.68 bits per heavy atom. The number of anilines is 1. The molecular formula is C20H19ClN2O2. The second kappa shape index (κ2) is 5.88. The molecule has 4 rings (SSSR count). The molecule has 2 aliphatic rings. The largest absolute Gasteiger partial charge is 0.480 e. The first-order valence-electron chi connectivity index (χ1n) is 8.45. The second-order valence-corrected chi connectivity index (χ2v) is 7.39. The van der Waals surface area contributed by atoms with Crippen molar-refractivity contribution in [2.75, 3.05) is 5.32 Å². The van der Waals surface area contributed by atoms with E-state index in [4.69, 9.17) is 11.6 Å². The number of rotatable bonds is 3. The van der Waals surface area contributed by atoms with Crippen molar-refractivity contribution < 1.29 is 9.90 Å². The number of aromatic nitrogens is 1. The van der Waals surface area contributed by atoms with Crippen LogP contribution < -0.4 is 5.32 Å². The van der Waals surface area contributed by atoms with Gasteiger partial charge in [0.25, 0.3) is 0 Å². The highest BCUT2D eigenvalue weighted by atomic mass is 35.5. The number of carboxylic acids is 1. The van der Waals surface area contributed by atoms with Crippen molar-refractivity contribution in [3.63, 3.8) is 0 Å². The van der Waals surface area contributed by atoms with Crippen LogP contribution in [0.3, 0.4) is 0 Å². The third-order valence-corrected chi connectivity index (χ3v) is 5.74. The molecule has 1 fully saturated rings. The summed E-state index contributed by atoms with van der Waals surface area (Å²) in [5, 5.41) is 13.7. The summed E-state index contributed by atoms with van der Waals surface area (Å²) in [4.78, 5) is 16.7. The normalized spacial score (nSPS) is 27.2. The summed E-state index contributed by atoms with van der Waals surface area (Å²) < 4.78 is 0. The Morgan fingerprint density at radius 1 is 1.16 bits per heavy atom. The quantitative estimate of drug-likeness (QED) is 0.851. The minimum absolute atomic E-state index is 0.133. The molecule has 1 saturated carbocycles. The molecule has 0 amide bonds. The number of halogens is 1. The molecule has 1 spiro atoms. The fourth-order valence-corrected chi connectivity index (χ4v) is 4.25. The number of allylic oxidation sites excluding steroid dienone is 1. The smallest absolute Gasteiger partial charge is 0.329 e. The van der Waals surface area contributed by atoms with Crippen LogP contribution >= 0.6 is 11.6 Å². The molecule has 0 unspecified atom stereocenters. The summed E-state index contributed by atoms with van der Waals surface area (Å²) in [6, 6.07) is 11.2. The maximum Gasteiger partial charge on any atom is 0.329 e. The van der Waals surface area contributed by atoms with E-state index < -0.39 is 11.5 Å². The van der Waals surface area contributed by atoms with Crippen LogP contribution in [0.4, 0.5) is 5.69 Å². The highest BCUT2D eigenvalue weighted by Crippen LogP contribution is 2.48. The monoisotopic (exact) mass is 354 g/mol. The fourth-order valence-electron chi connectivity index (χ4n) is 4.06. The summed E-state index contributed by atoms with van der Waals surface area (Å²) in [6.07, 6.45) is 8.72. The topological polar surface area (TPSA) is 62.2 Å². The van der Waals surface area contributed by atoms with E-state index in [9.17, 15) is 9.90 Å². The minimum atomic E-state index is -0.971. The van der Waals surface area contributed by atoms with Gasteiger partial charge in [0.1, 0.15) is 5.54 Å². The molecule has 5 heteroatoms. The third-order valence-electron chi connectivity index (χ3n) is 5.51. The van der Waals surface area contributed by atoms with Crippen LogP contribution in [0, 0.1) is 0 Å². The lowest BCUT2D eigenvalue weighted by Gasteiger charge is -2.42. The first kappa shape index (κ1) is 16.2. The van der Waals surface area contributed by atoms with Gasteiger partial charge < -0.3 is 10.4 Å². The summed E-state index contributed by atoms with van der Waals surface area (Å²) in [5.41, 5.74) is 1.86. The van der Waals surface area contributed by atoms with Gasteiger partial charge in [-0.15, -0.1) is 0 Å². The van der Waals surface area contributed by atoms with E-state index in [0.717, 1.165) is 29.8 Å². The van der Waals surface area contributed by atoms with Crippen LogP contribution in [0.5, 0.6) is 0 Å². The summed E-state index contributed by atoms with van der Waals surface area (Å²) in [7, 11) is 0. The third kappa shape index (κ3) is 2.71. The lowest BCUT2D eigenvalue weighted by molar-refractivity contribution is -0.143. The number of aliphatic carboxylic acids is 1. The highest BCUT2D eigenvalue weighted by Gasteiger charge is 2.49. The van der Waals surface area contributed by atoms with Crippen LogP contribution in [0.25, 0.3) is 6.08 Å². The van der Waals surface area contributed by atoms with Gasteiger partial charge in [0.2, 0.25) is 0 Å². The number of nitrogens with zero attached hydrogens (tertiary/aromatic N) is 1. The van der Waals surface area contributed by atoms with Crippen molar-refractivity contribution in [2.45, 2.75) is 36.6 Å². The van der Waals surface area contributed by atoms with Gasteiger partial charge in [0.15, 0.2) is 0 Å². The van der Waals surface area contributed by atoms with Gasteiger partial charge in [-0.25, -0.2) is 4.79 Å². The van der Waals surface area contributed by atoms with Gasteiger partial charge >= 0.3 is 5.97 Å². The van der Waals surface area contributed by atoms with E-state index in [2.05, 4.69) is 28.5 Å². The molecule has 0 aliphatic heterocycles. The van der Waals surface area contributed by atoms with Crippen LogP contribution in [-0.4, -0.2) is 21.6 Å². The molecule has 2 N–H and O–H groups in total. The van der Waals surface area contributed by atoms with Crippen molar-refractivity contribution in [3.05, 3.63) is 65.0 Å². The molecule has 2 aromatic rings. The maximum absolute atomic E-state index is 12.1. The minimum Gasteiger partial charge on any atom is -0.480 e. The standard InChI is InChI=1S/C20H19ClN2O2/c21-15-4-1-5-16(13-15)23-20(18(24)25)10-8-19(9-11-20)7-6-14-3-2-12-22-17(14)19/h1-7,12-13,23H,8-11H2,(H,24,25). The zero-order valence-corrected chi connectivity index (χ0v) is 14.5. The molecule has 0 saturated heterocycles. The van der Waals surface area contributed by atoms with Gasteiger partial charge in [-0.1, -0.05) is 35.9 Å². The molecule has 1 aromatic heterocycles. The Balaban J connectivity index is 1.60. The Morgan fingerprint density at radius 2 is 1.96 bits per heavy atom. The number of carbonyl (C=O) groups is 1. The van der Waals surface area contributed by atoms with Crippen molar-refractivity contribution >= 4 is 29.3 Å². The lowest BCUT2D eigenvalue weighted by Crippen LogP contribution is -2.51. The van der Waals surface area contributed by atoms with E-state index in [-0.39, 0.29) is 5.41 Å². The van der Waals surface area contributed by atoms with Crippen LogP contribution in [-0.2, 0) is 10.2 Å². The van der Waals surface area contributed by atoms with Crippen molar-refractivity contribution in [1.82, 2.24) is 4.98 Å².